The summed E-state index contributed by atoms with van der Waals surface area (Å²) in [4.78, 5) is 0. The van der Waals surface area contributed by atoms with E-state index in [0.29, 0.717) is 0 Å². The maximum absolute atomic E-state index is 9.56. The highest BCUT2D eigenvalue weighted by molar-refractivity contribution is 5.49. The molecule has 1 heteroatoms. The zero-order valence-corrected chi connectivity index (χ0v) is 11.2. The molecule has 0 bridgehead atoms. The molecule has 17 heavy (non-hydrogen) atoms. The molecule has 0 saturated heterocycles. The number of aliphatic hydroxyl groups is 1. The Labute approximate surface area is 105 Å². The number of allylic oxidation sites excluding steroid dienone is 1. The van der Waals surface area contributed by atoms with E-state index in [2.05, 4.69) is 43.3 Å². The third-order valence-corrected chi connectivity index (χ3v) is 2.76. The topological polar surface area (TPSA) is 20.2 Å². The predicted molar refractivity (Wildman–Crippen MR) is 75.0 cm³/mol. The predicted octanol–water partition coefficient (Wildman–Crippen LogP) is 4.34. The van der Waals surface area contributed by atoms with E-state index in [9.17, 15) is 5.11 Å². The Bertz CT molecular complexity index is 358. The van der Waals surface area contributed by atoms with E-state index in [-0.39, 0.29) is 0 Å². The van der Waals surface area contributed by atoms with Crippen molar-refractivity contribution < 1.29 is 5.11 Å². The largest absolute Gasteiger partial charge is 0.390 e. The molecule has 0 aliphatic heterocycles. The lowest BCUT2D eigenvalue weighted by Gasteiger charge is -2.15. The molecule has 0 aliphatic rings. The fourth-order valence-electron chi connectivity index (χ4n) is 1.81. The summed E-state index contributed by atoms with van der Waals surface area (Å²) in [5, 5.41) is 9.56. The monoisotopic (exact) mass is 232 g/mol. The molecule has 0 fully saturated rings. The molecule has 0 aliphatic carbocycles. The first kappa shape index (κ1) is 14.0. The van der Waals surface area contributed by atoms with E-state index in [1.165, 1.54) is 11.1 Å². The van der Waals surface area contributed by atoms with Crippen LogP contribution in [0.5, 0.6) is 0 Å². The third kappa shape index (κ3) is 6.96. The van der Waals surface area contributed by atoms with Gasteiger partial charge in [-0.15, -0.1) is 0 Å². The molecule has 0 saturated carbocycles. The third-order valence-electron chi connectivity index (χ3n) is 2.76. The Morgan fingerprint density at radius 1 is 1.24 bits per heavy atom. The SMILES string of the molecule is Cc1cccc(/C=C/CCCCC(C)(C)O)c1. The van der Waals surface area contributed by atoms with E-state index < -0.39 is 5.60 Å². The molecule has 0 atom stereocenters. The minimum atomic E-state index is -0.514. The summed E-state index contributed by atoms with van der Waals surface area (Å²) >= 11 is 0. The van der Waals surface area contributed by atoms with Crippen LogP contribution < -0.4 is 0 Å². The maximum atomic E-state index is 9.56. The molecule has 1 aromatic carbocycles. The van der Waals surface area contributed by atoms with Crippen molar-refractivity contribution in [3.8, 4) is 0 Å². The van der Waals surface area contributed by atoms with Gasteiger partial charge >= 0.3 is 0 Å². The second-order valence-corrected chi connectivity index (χ2v) is 5.37. The Balaban J connectivity index is 2.23. The van der Waals surface area contributed by atoms with Crippen LogP contribution in [0, 0.1) is 6.92 Å². The van der Waals surface area contributed by atoms with Crippen molar-refractivity contribution in [2.24, 2.45) is 0 Å². The van der Waals surface area contributed by atoms with Crippen molar-refractivity contribution in [3.05, 3.63) is 41.5 Å². The highest BCUT2D eigenvalue weighted by Crippen LogP contribution is 2.14. The van der Waals surface area contributed by atoms with Gasteiger partial charge in [0.1, 0.15) is 0 Å². The van der Waals surface area contributed by atoms with Crippen LogP contribution in [-0.4, -0.2) is 10.7 Å². The van der Waals surface area contributed by atoms with E-state index in [4.69, 9.17) is 0 Å². The highest BCUT2D eigenvalue weighted by atomic mass is 16.3. The molecule has 0 unspecified atom stereocenters. The van der Waals surface area contributed by atoms with Gasteiger partial charge in [0.05, 0.1) is 5.60 Å². The highest BCUT2D eigenvalue weighted by Gasteiger charge is 2.10. The van der Waals surface area contributed by atoms with Crippen molar-refractivity contribution in [3.63, 3.8) is 0 Å². The van der Waals surface area contributed by atoms with Crippen LogP contribution in [0.25, 0.3) is 6.08 Å². The van der Waals surface area contributed by atoms with Gasteiger partial charge in [0, 0.05) is 0 Å². The van der Waals surface area contributed by atoms with Crippen LogP contribution in [0.1, 0.15) is 50.7 Å². The van der Waals surface area contributed by atoms with Gasteiger partial charge in [-0.2, -0.15) is 0 Å². The van der Waals surface area contributed by atoms with E-state index in [1.54, 1.807) is 0 Å². The second kappa shape index (κ2) is 6.61. The standard InChI is InChI=1S/C16H24O/c1-14-9-8-11-15(13-14)10-6-4-5-7-12-16(2,3)17/h6,8-11,13,17H,4-5,7,12H2,1-3H3/b10-6+. The minimum absolute atomic E-state index is 0.514. The lowest BCUT2D eigenvalue weighted by atomic mass is 10.0. The van der Waals surface area contributed by atoms with Crippen molar-refractivity contribution >= 4 is 6.08 Å². The molecule has 1 nitrogen and oxygen atoms in total. The van der Waals surface area contributed by atoms with Crippen LogP contribution in [0.3, 0.4) is 0 Å². The normalized spacial score (nSPS) is 12.2. The van der Waals surface area contributed by atoms with Crippen LogP contribution >= 0.6 is 0 Å². The average molecular weight is 232 g/mol. The molecule has 0 spiro atoms. The van der Waals surface area contributed by atoms with Crippen molar-refractivity contribution in [1.82, 2.24) is 0 Å². The van der Waals surface area contributed by atoms with Crippen LogP contribution in [0.4, 0.5) is 0 Å². The summed E-state index contributed by atoms with van der Waals surface area (Å²) in [6, 6.07) is 8.51. The summed E-state index contributed by atoms with van der Waals surface area (Å²) in [6.07, 6.45) is 8.60. The number of hydrogen-bond acceptors (Lipinski definition) is 1. The Hall–Kier alpha value is -1.08. The number of unbranched alkanes of at least 4 members (excludes halogenated alkanes) is 2. The fraction of sp³-hybridized carbons (Fsp3) is 0.500. The first-order valence-corrected chi connectivity index (χ1v) is 6.43. The molecule has 0 amide bonds. The maximum Gasteiger partial charge on any atom is 0.0591 e. The Kier molecular flexibility index (Phi) is 5.43. The summed E-state index contributed by atoms with van der Waals surface area (Å²) < 4.78 is 0. The molecular formula is C16H24O. The molecule has 94 valence electrons. The lowest BCUT2D eigenvalue weighted by Crippen LogP contribution is -2.17. The van der Waals surface area contributed by atoms with Gasteiger partial charge in [0.2, 0.25) is 0 Å². The summed E-state index contributed by atoms with van der Waals surface area (Å²) in [5.74, 6) is 0. The van der Waals surface area contributed by atoms with Crippen molar-refractivity contribution in [1.29, 1.82) is 0 Å². The summed E-state index contributed by atoms with van der Waals surface area (Å²) in [5.41, 5.74) is 2.06. The summed E-state index contributed by atoms with van der Waals surface area (Å²) in [7, 11) is 0. The van der Waals surface area contributed by atoms with E-state index in [0.717, 1.165) is 25.7 Å². The lowest BCUT2D eigenvalue weighted by molar-refractivity contribution is 0.0683. The molecule has 1 aromatic rings. The van der Waals surface area contributed by atoms with Gasteiger partial charge in [-0.3, -0.25) is 0 Å². The molecule has 0 aromatic heterocycles. The molecule has 1 N–H and O–H groups in total. The number of benzene rings is 1. The van der Waals surface area contributed by atoms with Crippen LogP contribution in [-0.2, 0) is 0 Å². The van der Waals surface area contributed by atoms with Gasteiger partial charge in [-0.1, -0.05) is 48.4 Å². The average Bonchev–Trinajstić information content (AvgIpc) is 2.22. The molecule has 0 heterocycles. The first-order chi connectivity index (χ1) is 7.97. The van der Waals surface area contributed by atoms with Gasteiger partial charge in [0.15, 0.2) is 0 Å². The Morgan fingerprint density at radius 3 is 2.65 bits per heavy atom. The quantitative estimate of drug-likeness (QED) is 0.723. The number of aryl methyl sites for hydroxylation is 1. The van der Waals surface area contributed by atoms with Gasteiger partial charge in [0.25, 0.3) is 0 Å². The second-order valence-electron chi connectivity index (χ2n) is 5.37. The first-order valence-electron chi connectivity index (χ1n) is 6.43. The van der Waals surface area contributed by atoms with E-state index in [1.807, 2.05) is 13.8 Å². The number of hydrogen-bond donors (Lipinski definition) is 1. The van der Waals surface area contributed by atoms with Crippen LogP contribution in [0.15, 0.2) is 30.3 Å². The van der Waals surface area contributed by atoms with Gasteiger partial charge in [-0.25, -0.2) is 0 Å². The molecule has 1 rings (SSSR count). The van der Waals surface area contributed by atoms with Crippen LogP contribution in [0.2, 0.25) is 0 Å². The fourth-order valence-corrected chi connectivity index (χ4v) is 1.81. The number of rotatable bonds is 6. The Morgan fingerprint density at radius 2 is 2.00 bits per heavy atom. The van der Waals surface area contributed by atoms with Gasteiger partial charge in [-0.05, 0) is 45.6 Å². The molecular weight excluding hydrogens is 208 g/mol. The summed E-state index contributed by atoms with van der Waals surface area (Å²) in [6.45, 7) is 5.85. The van der Waals surface area contributed by atoms with Gasteiger partial charge < -0.3 is 5.11 Å². The minimum Gasteiger partial charge on any atom is -0.390 e. The zero-order valence-electron chi connectivity index (χ0n) is 11.2. The van der Waals surface area contributed by atoms with Crippen molar-refractivity contribution in [2.45, 2.75) is 52.1 Å². The smallest absolute Gasteiger partial charge is 0.0591 e. The molecule has 0 radical (unpaired) electrons. The van der Waals surface area contributed by atoms with E-state index >= 15 is 0 Å². The van der Waals surface area contributed by atoms with Crippen molar-refractivity contribution in [2.75, 3.05) is 0 Å². The zero-order chi connectivity index (χ0) is 12.7.